The van der Waals surface area contributed by atoms with Gasteiger partial charge in [0.05, 0.1) is 6.61 Å². The summed E-state index contributed by atoms with van der Waals surface area (Å²) in [6, 6.07) is 15.1. The first kappa shape index (κ1) is 15.5. The molecular weight excluding hydrogens is 265 g/mol. The number of benzene rings is 2. The Morgan fingerprint density at radius 3 is 2.52 bits per heavy atom. The number of rotatable bonds is 7. The zero-order chi connectivity index (χ0) is 15.1. The molecule has 0 radical (unpaired) electrons. The van der Waals surface area contributed by atoms with Gasteiger partial charge in [-0.1, -0.05) is 36.4 Å². The van der Waals surface area contributed by atoms with E-state index in [9.17, 15) is 4.39 Å². The van der Waals surface area contributed by atoms with Crippen LogP contribution in [0.1, 0.15) is 36.9 Å². The third-order valence-electron chi connectivity index (χ3n) is 3.44. The number of aryl methyl sites for hydroxylation is 1. The van der Waals surface area contributed by atoms with Gasteiger partial charge in [-0.3, -0.25) is 0 Å². The fourth-order valence-electron chi connectivity index (χ4n) is 2.18. The average molecular weight is 287 g/mol. The van der Waals surface area contributed by atoms with Crippen LogP contribution in [-0.2, 0) is 6.42 Å². The highest BCUT2D eigenvalue weighted by atomic mass is 19.1. The van der Waals surface area contributed by atoms with Gasteiger partial charge in [-0.2, -0.15) is 0 Å². The van der Waals surface area contributed by atoms with Crippen molar-refractivity contribution in [2.24, 2.45) is 5.73 Å². The van der Waals surface area contributed by atoms with E-state index in [-0.39, 0.29) is 11.9 Å². The molecule has 21 heavy (non-hydrogen) atoms. The molecule has 2 rings (SSSR count). The summed E-state index contributed by atoms with van der Waals surface area (Å²) in [4.78, 5) is 0. The molecule has 1 atom stereocenters. The molecule has 0 fully saturated rings. The van der Waals surface area contributed by atoms with Crippen LogP contribution in [0, 0.1) is 5.82 Å². The monoisotopic (exact) mass is 287 g/mol. The number of unbranched alkanes of at least 4 members (excludes halogenated alkanes) is 1. The molecule has 112 valence electrons. The van der Waals surface area contributed by atoms with Gasteiger partial charge in [0.2, 0.25) is 0 Å². The van der Waals surface area contributed by atoms with Crippen LogP contribution in [-0.4, -0.2) is 6.61 Å². The first-order valence-corrected chi connectivity index (χ1v) is 7.38. The number of halogens is 1. The van der Waals surface area contributed by atoms with Crippen LogP contribution in [0.25, 0.3) is 0 Å². The third kappa shape index (κ3) is 4.87. The van der Waals surface area contributed by atoms with Crippen LogP contribution in [0.15, 0.2) is 48.5 Å². The lowest BCUT2D eigenvalue weighted by molar-refractivity contribution is 0.292. The second-order valence-corrected chi connectivity index (χ2v) is 5.27. The van der Waals surface area contributed by atoms with E-state index in [1.165, 1.54) is 11.6 Å². The van der Waals surface area contributed by atoms with Gasteiger partial charge < -0.3 is 10.5 Å². The number of hydrogen-bond donors (Lipinski definition) is 1. The van der Waals surface area contributed by atoms with Gasteiger partial charge in [0.15, 0.2) is 11.6 Å². The normalized spacial score (nSPS) is 12.1. The first-order chi connectivity index (χ1) is 10.2. The van der Waals surface area contributed by atoms with Crippen molar-refractivity contribution in [2.45, 2.75) is 32.2 Å². The van der Waals surface area contributed by atoms with Gasteiger partial charge in [-0.25, -0.2) is 4.39 Å². The SMILES string of the molecule is CC(N)c1ccc(OCCCCc2ccccc2)c(F)c1. The van der Waals surface area contributed by atoms with Crippen molar-refractivity contribution in [3.05, 3.63) is 65.5 Å². The topological polar surface area (TPSA) is 35.2 Å². The minimum atomic E-state index is -0.340. The maximum Gasteiger partial charge on any atom is 0.165 e. The summed E-state index contributed by atoms with van der Waals surface area (Å²) in [6.07, 6.45) is 2.96. The maximum absolute atomic E-state index is 13.8. The molecule has 0 saturated heterocycles. The van der Waals surface area contributed by atoms with E-state index in [1.54, 1.807) is 6.07 Å². The summed E-state index contributed by atoms with van der Waals surface area (Å²) in [5, 5.41) is 0. The molecule has 0 saturated carbocycles. The molecule has 0 heterocycles. The Morgan fingerprint density at radius 1 is 1.10 bits per heavy atom. The molecule has 0 aliphatic heterocycles. The van der Waals surface area contributed by atoms with Crippen molar-refractivity contribution >= 4 is 0 Å². The van der Waals surface area contributed by atoms with E-state index in [4.69, 9.17) is 10.5 Å². The van der Waals surface area contributed by atoms with Crippen LogP contribution >= 0.6 is 0 Å². The predicted molar refractivity (Wildman–Crippen MR) is 83.9 cm³/mol. The Bertz CT molecular complexity index is 554. The summed E-state index contributed by atoms with van der Waals surface area (Å²) in [5.41, 5.74) is 7.83. The van der Waals surface area contributed by atoms with Gasteiger partial charge in [0, 0.05) is 6.04 Å². The molecule has 0 amide bonds. The summed E-state index contributed by atoms with van der Waals surface area (Å²) < 4.78 is 19.3. The molecule has 0 spiro atoms. The fourth-order valence-corrected chi connectivity index (χ4v) is 2.18. The van der Waals surface area contributed by atoms with Crippen LogP contribution in [0.3, 0.4) is 0 Å². The lowest BCUT2D eigenvalue weighted by atomic mass is 10.1. The molecule has 0 aliphatic carbocycles. The molecule has 2 N–H and O–H groups in total. The number of ether oxygens (including phenoxy) is 1. The van der Waals surface area contributed by atoms with E-state index < -0.39 is 0 Å². The Labute approximate surface area is 125 Å². The smallest absolute Gasteiger partial charge is 0.165 e. The predicted octanol–water partition coefficient (Wildman–Crippen LogP) is 4.25. The minimum Gasteiger partial charge on any atom is -0.491 e. The highest BCUT2D eigenvalue weighted by Gasteiger charge is 2.07. The van der Waals surface area contributed by atoms with E-state index in [0.29, 0.717) is 12.4 Å². The lowest BCUT2D eigenvalue weighted by Crippen LogP contribution is -2.06. The molecule has 0 aliphatic rings. The lowest BCUT2D eigenvalue weighted by Gasteiger charge is -2.10. The van der Waals surface area contributed by atoms with Gasteiger partial charge in [0.1, 0.15) is 0 Å². The molecule has 2 aromatic carbocycles. The third-order valence-corrected chi connectivity index (χ3v) is 3.44. The molecule has 2 nitrogen and oxygen atoms in total. The Kier molecular flexibility index (Phi) is 5.76. The summed E-state index contributed by atoms with van der Waals surface area (Å²) in [6.45, 7) is 2.36. The highest BCUT2D eigenvalue weighted by molar-refractivity contribution is 5.30. The van der Waals surface area contributed by atoms with Crippen molar-refractivity contribution in [1.29, 1.82) is 0 Å². The van der Waals surface area contributed by atoms with Crippen molar-refractivity contribution < 1.29 is 9.13 Å². The summed E-state index contributed by atoms with van der Waals surface area (Å²) in [7, 11) is 0. The van der Waals surface area contributed by atoms with E-state index >= 15 is 0 Å². The second kappa shape index (κ2) is 7.79. The fraction of sp³-hybridized carbons (Fsp3) is 0.333. The molecule has 3 heteroatoms. The summed E-state index contributed by atoms with van der Waals surface area (Å²) in [5.74, 6) is -0.0352. The zero-order valence-electron chi connectivity index (χ0n) is 12.4. The van der Waals surface area contributed by atoms with Gasteiger partial charge in [-0.05, 0) is 49.4 Å². The summed E-state index contributed by atoms with van der Waals surface area (Å²) >= 11 is 0. The van der Waals surface area contributed by atoms with Crippen molar-refractivity contribution in [1.82, 2.24) is 0 Å². The van der Waals surface area contributed by atoms with Crippen LogP contribution < -0.4 is 10.5 Å². The standard InChI is InChI=1S/C18H22FNO/c1-14(20)16-10-11-18(17(19)13-16)21-12-6-5-9-15-7-3-2-4-8-15/h2-4,7-8,10-11,13-14H,5-6,9,12,20H2,1H3. The zero-order valence-corrected chi connectivity index (χ0v) is 12.4. The van der Waals surface area contributed by atoms with Crippen LogP contribution in [0.2, 0.25) is 0 Å². The largest absolute Gasteiger partial charge is 0.491 e. The Morgan fingerprint density at radius 2 is 1.86 bits per heavy atom. The molecular formula is C18H22FNO. The van der Waals surface area contributed by atoms with E-state index in [2.05, 4.69) is 12.1 Å². The van der Waals surface area contributed by atoms with Crippen molar-refractivity contribution in [3.63, 3.8) is 0 Å². The average Bonchev–Trinajstić information content (AvgIpc) is 2.49. The molecule has 2 aromatic rings. The minimum absolute atomic E-state index is 0.167. The van der Waals surface area contributed by atoms with Crippen molar-refractivity contribution in [3.8, 4) is 5.75 Å². The van der Waals surface area contributed by atoms with E-state index in [1.807, 2.05) is 31.2 Å². The van der Waals surface area contributed by atoms with Crippen molar-refractivity contribution in [2.75, 3.05) is 6.61 Å². The Hall–Kier alpha value is -1.87. The maximum atomic E-state index is 13.8. The molecule has 0 bridgehead atoms. The quantitative estimate of drug-likeness (QED) is 0.773. The second-order valence-electron chi connectivity index (χ2n) is 5.27. The van der Waals surface area contributed by atoms with Gasteiger partial charge >= 0.3 is 0 Å². The van der Waals surface area contributed by atoms with Gasteiger partial charge in [-0.15, -0.1) is 0 Å². The van der Waals surface area contributed by atoms with Crippen LogP contribution in [0.5, 0.6) is 5.75 Å². The number of nitrogens with two attached hydrogens (primary N) is 1. The molecule has 0 aromatic heterocycles. The van der Waals surface area contributed by atoms with E-state index in [0.717, 1.165) is 24.8 Å². The molecule has 1 unspecified atom stereocenters. The van der Waals surface area contributed by atoms with Gasteiger partial charge in [0.25, 0.3) is 0 Å². The first-order valence-electron chi connectivity index (χ1n) is 7.38. The number of hydrogen-bond acceptors (Lipinski definition) is 2. The van der Waals surface area contributed by atoms with Crippen LogP contribution in [0.4, 0.5) is 4.39 Å². The Balaban J connectivity index is 1.74. The highest BCUT2D eigenvalue weighted by Crippen LogP contribution is 2.21.